The van der Waals surface area contributed by atoms with Gasteiger partial charge < -0.3 is 14.2 Å². The molecule has 0 aliphatic carbocycles. The van der Waals surface area contributed by atoms with E-state index in [1.165, 1.54) is 0 Å². The zero-order valence-corrected chi connectivity index (χ0v) is 14.9. The molecule has 0 bridgehead atoms. The minimum absolute atomic E-state index is 0.172. The van der Waals surface area contributed by atoms with Gasteiger partial charge in [-0.05, 0) is 43.4 Å². The van der Waals surface area contributed by atoms with Gasteiger partial charge in [-0.3, -0.25) is 4.98 Å². The first-order valence-corrected chi connectivity index (χ1v) is 8.71. The molecule has 0 aromatic carbocycles. The molecule has 0 saturated carbocycles. The van der Waals surface area contributed by atoms with Crippen LogP contribution in [0.5, 0.6) is 5.75 Å². The van der Waals surface area contributed by atoms with Crippen molar-refractivity contribution in [2.45, 2.75) is 45.6 Å². The van der Waals surface area contributed by atoms with Gasteiger partial charge in [-0.1, -0.05) is 19.0 Å². The number of hydrogen-bond donors (Lipinski definition) is 0. The molecule has 3 heterocycles. The summed E-state index contributed by atoms with van der Waals surface area (Å²) in [7, 11) is 1.98. The van der Waals surface area contributed by atoms with Crippen LogP contribution in [0.15, 0.2) is 22.9 Å². The maximum Gasteiger partial charge on any atom is 0.324 e. The van der Waals surface area contributed by atoms with E-state index in [0.29, 0.717) is 11.9 Å². The van der Waals surface area contributed by atoms with Gasteiger partial charge in [0.05, 0.1) is 12.3 Å². The number of aromatic nitrogens is 3. The number of anilines is 1. The van der Waals surface area contributed by atoms with Gasteiger partial charge in [0.15, 0.2) is 13.7 Å². The molecule has 24 heavy (non-hydrogen) atoms. The van der Waals surface area contributed by atoms with E-state index in [1.807, 2.05) is 20.0 Å². The van der Waals surface area contributed by atoms with E-state index in [2.05, 4.69) is 40.8 Å². The number of ether oxygens (including phenoxy) is 1. The second-order valence-corrected chi connectivity index (χ2v) is 6.87. The third-order valence-electron chi connectivity index (χ3n) is 4.63. The van der Waals surface area contributed by atoms with E-state index < -0.39 is 0 Å². The van der Waals surface area contributed by atoms with Crippen molar-refractivity contribution in [1.82, 2.24) is 15.1 Å². The first-order valence-electron chi connectivity index (χ1n) is 8.71. The molecule has 6 nitrogen and oxygen atoms in total. The molecule has 1 fully saturated rings. The molecule has 1 aliphatic rings. The van der Waals surface area contributed by atoms with Crippen LogP contribution in [0.25, 0.3) is 0 Å². The molecular formula is C17H25BN4O2. The molecule has 2 aromatic rings. The summed E-state index contributed by atoms with van der Waals surface area (Å²) in [6.07, 6.45) is 4.08. The minimum Gasteiger partial charge on any atom is -0.489 e. The van der Waals surface area contributed by atoms with Gasteiger partial charge in [0.2, 0.25) is 0 Å². The predicted molar refractivity (Wildman–Crippen MR) is 95.8 cm³/mol. The summed E-state index contributed by atoms with van der Waals surface area (Å²) in [6.45, 7) is 8.12. The van der Waals surface area contributed by atoms with E-state index in [0.717, 1.165) is 43.1 Å². The van der Waals surface area contributed by atoms with Crippen LogP contribution in [0.1, 0.15) is 45.4 Å². The summed E-state index contributed by atoms with van der Waals surface area (Å²) in [5.41, 5.74) is 1.00. The highest BCUT2D eigenvalue weighted by Crippen LogP contribution is 2.27. The van der Waals surface area contributed by atoms with E-state index in [1.54, 1.807) is 6.20 Å². The van der Waals surface area contributed by atoms with Crippen molar-refractivity contribution >= 4 is 19.5 Å². The Bertz CT molecular complexity index is 651. The molecule has 128 valence electrons. The second kappa shape index (κ2) is 7.24. The zero-order chi connectivity index (χ0) is 17.1. The van der Waals surface area contributed by atoms with Gasteiger partial charge in [0.1, 0.15) is 5.75 Å². The number of rotatable bonds is 5. The topological polar surface area (TPSA) is 64.3 Å². The lowest BCUT2D eigenvalue weighted by Crippen LogP contribution is -2.38. The molecule has 1 atom stereocenters. The Labute approximate surface area is 144 Å². The Morgan fingerprint density at radius 1 is 1.25 bits per heavy atom. The molecule has 7 heteroatoms. The fraction of sp³-hybridized carbons (Fsp3) is 0.588. The van der Waals surface area contributed by atoms with E-state index in [-0.39, 0.29) is 12.0 Å². The lowest BCUT2D eigenvalue weighted by molar-refractivity contribution is 0.131. The largest absolute Gasteiger partial charge is 0.489 e. The number of pyridine rings is 1. The molecule has 0 unspecified atom stereocenters. The van der Waals surface area contributed by atoms with Gasteiger partial charge >= 0.3 is 6.01 Å². The van der Waals surface area contributed by atoms with Crippen molar-refractivity contribution in [1.29, 1.82) is 0 Å². The highest BCUT2D eigenvalue weighted by atomic mass is 16.5. The summed E-state index contributed by atoms with van der Waals surface area (Å²) in [4.78, 5) is 10.9. The molecule has 3 rings (SSSR count). The van der Waals surface area contributed by atoms with Gasteiger partial charge in [-0.15, -0.1) is 0 Å². The maximum absolute atomic E-state index is 6.05. The van der Waals surface area contributed by atoms with Crippen molar-refractivity contribution in [2.75, 3.05) is 18.0 Å². The smallest absolute Gasteiger partial charge is 0.324 e. The minimum atomic E-state index is 0.172. The van der Waals surface area contributed by atoms with Crippen LogP contribution >= 0.6 is 0 Å². The molecule has 0 radical (unpaired) electrons. The normalized spacial score (nSPS) is 17.2. The van der Waals surface area contributed by atoms with Crippen LogP contribution < -0.4 is 15.2 Å². The fourth-order valence-electron chi connectivity index (χ4n) is 2.98. The molecule has 1 saturated heterocycles. The van der Waals surface area contributed by atoms with Crippen LogP contribution in [0.2, 0.25) is 0 Å². The van der Waals surface area contributed by atoms with E-state index >= 15 is 0 Å². The monoisotopic (exact) mass is 328 g/mol. The van der Waals surface area contributed by atoms with Gasteiger partial charge in [0.25, 0.3) is 0 Å². The summed E-state index contributed by atoms with van der Waals surface area (Å²) in [5, 5.41) is 4.05. The van der Waals surface area contributed by atoms with E-state index in [4.69, 9.17) is 9.26 Å². The number of nitrogens with zero attached hydrogens (tertiary/aromatic N) is 4. The van der Waals surface area contributed by atoms with Crippen LogP contribution in [0.4, 0.5) is 6.01 Å². The van der Waals surface area contributed by atoms with Gasteiger partial charge in [-0.2, -0.15) is 4.98 Å². The van der Waals surface area contributed by atoms with Crippen molar-refractivity contribution in [3.05, 3.63) is 24.2 Å². The molecule has 1 aliphatic heterocycles. The first kappa shape index (κ1) is 16.8. The van der Waals surface area contributed by atoms with Crippen molar-refractivity contribution in [2.24, 2.45) is 5.92 Å². The Morgan fingerprint density at radius 3 is 2.58 bits per heavy atom. The summed E-state index contributed by atoms with van der Waals surface area (Å²) in [5.74, 6) is 2.43. The van der Waals surface area contributed by atoms with Gasteiger partial charge in [-0.25, -0.2) is 0 Å². The third-order valence-corrected chi connectivity index (χ3v) is 4.63. The van der Waals surface area contributed by atoms with Crippen molar-refractivity contribution < 1.29 is 9.26 Å². The average molecular weight is 328 g/mol. The average Bonchev–Trinajstić information content (AvgIpc) is 3.07. The summed E-state index contributed by atoms with van der Waals surface area (Å²) < 4.78 is 11.4. The predicted octanol–water partition coefficient (Wildman–Crippen LogP) is 1.53. The Hall–Kier alpha value is -2.05. The molecular weight excluding hydrogens is 303 g/mol. The Kier molecular flexibility index (Phi) is 5.07. The van der Waals surface area contributed by atoms with Crippen molar-refractivity contribution in [3.8, 4) is 5.75 Å². The van der Waals surface area contributed by atoms with Crippen LogP contribution in [0, 0.1) is 5.92 Å². The van der Waals surface area contributed by atoms with Gasteiger partial charge in [0, 0.05) is 19.0 Å². The number of hydrogen-bond acceptors (Lipinski definition) is 6. The molecule has 0 N–H and O–H groups in total. The quantitative estimate of drug-likeness (QED) is 0.776. The zero-order valence-electron chi connectivity index (χ0n) is 14.9. The van der Waals surface area contributed by atoms with Crippen LogP contribution in [0.3, 0.4) is 0 Å². The molecule has 0 spiro atoms. The maximum atomic E-state index is 6.05. The molecule has 0 amide bonds. The summed E-state index contributed by atoms with van der Waals surface area (Å²) >= 11 is 0. The number of piperidine rings is 1. The second-order valence-electron chi connectivity index (χ2n) is 6.87. The highest BCUT2D eigenvalue weighted by Gasteiger charge is 2.27. The standard InChI is InChI=1S/C17H25BN4O2/c1-11(2)16-20-17(24-21-16)22-8-6-13(7-9-22)12(3)23-14-4-5-15(18)19-10-14/h4-5,10-13H,6-9,18H2,1-3H3/t12-/m0/s1. The third kappa shape index (κ3) is 3.89. The van der Waals surface area contributed by atoms with E-state index in [9.17, 15) is 0 Å². The Morgan fingerprint density at radius 2 is 2.00 bits per heavy atom. The highest BCUT2D eigenvalue weighted by molar-refractivity contribution is 6.30. The SMILES string of the molecule is Bc1ccc(O[C@@H](C)C2CCN(c3nc(C(C)C)no3)CC2)cn1. The first-order chi connectivity index (χ1) is 11.5. The van der Waals surface area contributed by atoms with Crippen LogP contribution in [-0.2, 0) is 0 Å². The lowest BCUT2D eigenvalue weighted by Gasteiger charge is -2.33. The Balaban J connectivity index is 1.53. The fourth-order valence-corrected chi connectivity index (χ4v) is 2.98. The lowest BCUT2D eigenvalue weighted by atomic mass is 9.92. The molecule has 2 aromatic heterocycles. The van der Waals surface area contributed by atoms with Crippen molar-refractivity contribution in [3.63, 3.8) is 0 Å². The van der Waals surface area contributed by atoms with Crippen LogP contribution in [-0.4, -0.2) is 42.2 Å². The summed E-state index contributed by atoms with van der Waals surface area (Å²) in [6, 6.07) is 4.61.